The molecule has 0 aliphatic carbocycles. The highest BCUT2D eigenvalue weighted by Gasteiger charge is 2.24. The second-order valence-corrected chi connectivity index (χ2v) is 4.03. The van der Waals surface area contributed by atoms with E-state index in [1.807, 2.05) is 0 Å². The molecule has 0 aliphatic heterocycles. The first kappa shape index (κ1) is 14.5. The van der Waals surface area contributed by atoms with Gasteiger partial charge in [-0.3, -0.25) is 4.79 Å². The van der Waals surface area contributed by atoms with Crippen molar-refractivity contribution < 1.29 is 23.5 Å². The van der Waals surface area contributed by atoms with Crippen LogP contribution in [0.1, 0.15) is 17.3 Å². The van der Waals surface area contributed by atoms with Gasteiger partial charge >= 0.3 is 5.97 Å². The maximum Gasteiger partial charge on any atom is 0.379 e. The van der Waals surface area contributed by atoms with E-state index in [1.54, 1.807) is 13.2 Å². The predicted molar refractivity (Wildman–Crippen MR) is 65.7 cm³/mol. The number of esters is 1. The lowest BCUT2D eigenvalue weighted by Crippen LogP contribution is -2.19. The molecule has 0 saturated carbocycles. The Labute approximate surface area is 108 Å². The van der Waals surface area contributed by atoms with Gasteiger partial charge in [0.05, 0.1) is 24.2 Å². The van der Waals surface area contributed by atoms with E-state index in [9.17, 15) is 14.0 Å². The molecule has 18 heavy (non-hydrogen) atoms. The van der Waals surface area contributed by atoms with Crippen LogP contribution in [0, 0.1) is 5.82 Å². The molecule has 0 saturated heterocycles. The average molecular weight is 272 g/mol. The number of methoxy groups -OCH3 is 1. The van der Waals surface area contributed by atoms with Gasteiger partial charge in [-0.05, 0) is 25.3 Å². The third kappa shape index (κ3) is 2.81. The fourth-order valence-corrected chi connectivity index (χ4v) is 2.01. The lowest BCUT2D eigenvalue weighted by atomic mass is 10.1. The molecule has 0 atom stereocenters. The van der Waals surface area contributed by atoms with Crippen LogP contribution in [-0.4, -0.2) is 31.7 Å². The summed E-state index contributed by atoms with van der Waals surface area (Å²) in [5, 5.41) is 0. The summed E-state index contributed by atoms with van der Waals surface area (Å²) >= 11 is 1.10. The minimum atomic E-state index is -1.06. The van der Waals surface area contributed by atoms with E-state index in [0.717, 1.165) is 11.8 Å². The summed E-state index contributed by atoms with van der Waals surface area (Å²) in [5.41, 5.74) is -0.307. The zero-order valence-corrected chi connectivity index (χ0v) is 11.1. The van der Waals surface area contributed by atoms with E-state index < -0.39 is 17.6 Å². The molecule has 1 aromatic carbocycles. The SMILES string of the molecule is CCOC(=O)C(=O)c1ccc(OC)c(SC)c1F. The summed E-state index contributed by atoms with van der Waals surface area (Å²) in [6, 6.07) is 2.66. The van der Waals surface area contributed by atoms with Crippen LogP contribution >= 0.6 is 11.8 Å². The molecule has 0 aliphatic rings. The van der Waals surface area contributed by atoms with Crippen molar-refractivity contribution in [2.75, 3.05) is 20.0 Å². The van der Waals surface area contributed by atoms with Crippen molar-refractivity contribution in [1.82, 2.24) is 0 Å². The first-order valence-corrected chi connectivity index (χ1v) is 6.41. The third-order valence-electron chi connectivity index (χ3n) is 2.19. The van der Waals surface area contributed by atoms with Gasteiger partial charge in [-0.25, -0.2) is 9.18 Å². The van der Waals surface area contributed by atoms with Gasteiger partial charge in [0.15, 0.2) is 5.82 Å². The van der Waals surface area contributed by atoms with Crippen molar-refractivity contribution in [3.8, 4) is 5.75 Å². The topological polar surface area (TPSA) is 52.6 Å². The van der Waals surface area contributed by atoms with E-state index in [4.69, 9.17) is 4.74 Å². The van der Waals surface area contributed by atoms with Crippen LogP contribution in [0.15, 0.2) is 17.0 Å². The molecular weight excluding hydrogens is 259 g/mol. The van der Waals surface area contributed by atoms with Crippen LogP contribution in [0.5, 0.6) is 5.75 Å². The summed E-state index contributed by atoms with van der Waals surface area (Å²) in [4.78, 5) is 23.1. The number of Topliss-reactive ketones (excluding diaryl/α,β-unsaturated/α-hetero) is 1. The van der Waals surface area contributed by atoms with E-state index in [2.05, 4.69) is 4.74 Å². The van der Waals surface area contributed by atoms with E-state index in [-0.39, 0.29) is 17.1 Å². The highest BCUT2D eigenvalue weighted by atomic mass is 32.2. The molecule has 0 amide bonds. The number of ketones is 1. The quantitative estimate of drug-likeness (QED) is 0.356. The molecule has 0 fully saturated rings. The largest absolute Gasteiger partial charge is 0.495 e. The van der Waals surface area contributed by atoms with Crippen molar-refractivity contribution in [2.24, 2.45) is 0 Å². The number of hydrogen-bond acceptors (Lipinski definition) is 5. The zero-order chi connectivity index (χ0) is 13.7. The lowest BCUT2D eigenvalue weighted by molar-refractivity contribution is -0.137. The van der Waals surface area contributed by atoms with Crippen LogP contribution < -0.4 is 4.74 Å². The smallest absolute Gasteiger partial charge is 0.379 e. The monoisotopic (exact) mass is 272 g/mol. The number of carbonyl (C=O) groups excluding carboxylic acids is 2. The number of rotatable bonds is 5. The first-order valence-electron chi connectivity index (χ1n) is 5.18. The summed E-state index contributed by atoms with van der Waals surface area (Å²) in [6.45, 7) is 1.64. The molecule has 1 rings (SSSR count). The second-order valence-electron chi connectivity index (χ2n) is 3.21. The van der Waals surface area contributed by atoms with Crippen LogP contribution in [0.4, 0.5) is 4.39 Å². The van der Waals surface area contributed by atoms with Crippen molar-refractivity contribution >= 4 is 23.5 Å². The Kier molecular flexibility index (Phi) is 5.15. The van der Waals surface area contributed by atoms with Crippen LogP contribution in [-0.2, 0) is 9.53 Å². The molecule has 0 bridgehead atoms. The average Bonchev–Trinajstić information content (AvgIpc) is 2.37. The Hall–Kier alpha value is -1.56. The number of hydrogen-bond donors (Lipinski definition) is 0. The summed E-state index contributed by atoms with van der Waals surface area (Å²) in [6.07, 6.45) is 1.65. The molecule has 4 nitrogen and oxygen atoms in total. The lowest BCUT2D eigenvalue weighted by Gasteiger charge is -2.10. The molecule has 0 radical (unpaired) electrons. The first-order chi connectivity index (χ1) is 8.56. The summed E-state index contributed by atoms with van der Waals surface area (Å²) in [5.74, 6) is -2.50. The molecule has 0 heterocycles. The van der Waals surface area contributed by atoms with E-state index in [0.29, 0.717) is 5.75 Å². The molecule has 0 unspecified atom stereocenters. The van der Waals surface area contributed by atoms with Gasteiger partial charge in [-0.2, -0.15) is 0 Å². The van der Waals surface area contributed by atoms with Gasteiger partial charge in [-0.15, -0.1) is 11.8 Å². The molecule has 0 aromatic heterocycles. The van der Waals surface area contributed by atoms with Gasteiger partial charge in [0.25, 0.3) is 5.78 Å². The number of halogens is 1. The Morgan fingerprint density at radius 3 is 2.56 bits per heavy atom. The number of carbonyl (C=O) groups is 2. The Balaban J connectivity index is 3.19. The minimum absolute atomic E-state index is 0.0672. The van der Waals surface area contributed by atoms with Gasteiger partial charge in [0, 0.05) is 0 Å². The maximum atomic E-state index is 14.0. The summed E-state index contributed by atoms with van der Waals surface area (Å²) < 4.78 is 23.6. The zero-order valence-electron chi connectivity index (χ0n) is 10.3. The number of benzene rings is 1. The molecule has 0 spiro atoms. The standard InChI is InChI=1S/C12H13FO4S/c1-4-17-12(15)10(14)7-5-6-8(16-2)11(18-3)9(7)13/h5-6H,4H2,1-3H3. The number of thioether (sulfide) groups is 1. The Morgan fingerprint density at radius 2 is 2.06 bits per heavy atom. The van der Waals surface area contributed by atoms with Gasteiger partial charge < -0.3 is 9.47 Å². The third-order valence-corrected chi connectivity index (χ3v) is 2.98. The van der Waals surface area contributed by atoms with Crippen molar-refractivity contribution in [3.05, 3.63) is 23.5 Å². The van der Waals surface area contributed by atoms with Crippen LogP contribution in [0.3, 0.4) is 0 Å². The normalized spacial score (nSPS) is 10.0. The highest BCUT2D eigenvalue weighted by molar-refractivity contribution is 7.98. The Morgan fingerprint density at radius 1 is 1.39 bits per heavy atom. The predicted octanol–water partition coefficient (Wildman–Crippen LogP) is 2.30. The van der Waals surface area contributed by atoms with Crippen molar-refractivity contribution in [1.29, 1.82) is 0 Å². The van der Waals surface area contributed by atoms with E-state index in [1.165, 1.54) is 19.2 Å². The molecule has 98 valence electrons. The van der Waals surface area contributed by atoms with Crippen molar-refractivity contribution in [3.63, 3.8) is 0 Å². The molecule has 1 aromatic rings. The van der Waals surface area contributed by atoms with Gasteiger partial charge in [0.1, 0.15) is 5.75 Å². The van der Waals surface area contributed by atoms with Crippen molar-refractivity contribution in [2.45, 2.75) is 11.8 Å². The highest BCUT2D eigenvalue weighted by Crippen LogP contribution is 2.32. The number of ether oxygens (including phenoxy) is 2. The minimum Gasteiger partial charge on any atom is -0.495 e. The molecular formula is C12H13FO4S. The maximum absolute atomic E-state index is 14.0. The Bertz CT molecular complexity index is 473. The fourth-order valence-electron chi connectivity index (χ4n) is 1.37. The summed E-state index contributed by atoms with van der Waals surface area (Å²) in [7, 11) is 1.40. The fraction of sp³-hybridized carbons (Fsp3) is 0.333. The molecule has 0 N–H and O–H groups in total. The van der Waals surface area contributed by atoms with Crippen LogP contribution in [0.25, 0.3) is 0 Å². The second kappa shape index (κ2) is 6.39. The van der Waals surface area contributed by atoms with Gasteiger partial charge in [-0.1, -0.05) is 0 Å². The van der Waals surface area contributed by atoms with Gasteiger partial charge in [0.2, 0.25) is 0 Å². The van der Waals surface area contributed by atoms with E-state index >= 15 is 0 Å². The molecule has 6 heteroatoms. The van der Waals surface area contributed by atoms with Crippen LogP contribution in [0.2, 0.25) is 0 Å².